The predicted molar refractivity (Wildman–Crippen MR) is 75.7 cm³/mol. The molecule has 0 bridgehead atoms. The molecule has 0 aliphatic carbocycles. The molecule has 94 valence electrons. The first-order chi connectivity index (χ1) is 7.99. The van der Waals surface area contributed by atoms with Gasteiger partial charge in [0, 0.05) is 13.1 Å². The van der Waals surface area contributed by atoms with E-state index in [2.05, 4.69) is 4.99 Å². The molecule has 0 amide bonds. The second kappa shape index (κ2) is 6.34. The first kappa shape index (κ1) is 14.4. The van der Waals surface area contributed by atoms with Gasteiger partial charge in [-0.15, -0.1) is 0 Å². The van der Waals surface area contributed by atoms with Crippen molar-refractivity contribution in [3.63, 3.8) is 0 Å². The van der Waals surface area contributed by atoms with Gasteiger partial charge in [0.05, 0.1) is 20.8 Å². The number of nitrogens with two attached hydrogens (primary N) is 1. The molecule has 3 nitrogen and oxygen atoms in total. The third-order valence-electron chi connectivity index (χ3n) is 2.30. The molecule has 0 fully saturated rings. The van der Waals surface area contributed by atoms with Crippen molar-refractivity contribution in [1.29, 1.82) is 0 Å². The summed E-state index contributed by atoms with van der Waals surface area (Å²) in [5.74, 6) is 0.435. The van der Waals surface area contributed by atoms with Crippen LogP contribution in [0.1, 0.15) is 13.8 Å². The minimum atomic E-state index is 0.327. The smallest absolute Gasteiger partial charge is 0.196 e. The van der Waals surface area contributed by atoms with E-state index in [-0.39, 0.29) is 0 Å². The number of benzene rings is 1. The van der Waals surface area contributed by atoms with Crippen molar-refractivity contribution >= 4 is 46.4 Å². The number of aliphatic imine (C=N–C) groups is 1. The molecule has 6 heteroatoms. The van der Waals surface area contributed by atoms with Crippen LogP contribution < -0.4 is 5.73 Å². The van der Waals surface area contributed by atoms with Crippen LogP contribution in [0.3, 0.4) is 0 Å². The third-order valence-corrected chi connectivity index (χ3v) is 3.50. The van der Waals surface area contributed by atoms with Gasteiger partial charge >= 0.3 is 0 Å². The normalized spacial score (nSPS) is 11.7. The van der Waals surface area contributed by atoms with Crippen molar-refractivity contribution in [3.8, 4) is 0 Å². The monoisotopic (exact) mass is 293 g/mol. The molecule has 17 heavy (non-hydrogen) atoms. The molecule has 0 saturated heterocycles. The molecule has 0 saturated carbocycles. The van der Waals surface area contributed by atoms with Crippen LogP contribution in [0.15, 0.2) is 17.1 Å². The number of rotatable bonds is 3. The highest BCUT2D eigenvalue weighted by Gasteiger charge is 2.07. The zero-order valence-electron chi connectivity index (χ0n) is 9.67. The Bertz CT molecular complexity index is 405. The minimum absolute atomic E-state index is 0.327. The van der Waals surface area contributed by atoms with Crippen LogP contribution in [0.4, 0.5) is 5.69 Å². The largest absolute Gasteiger partial charge is 0.369 e. The van der Waals surface area contributed by atoms with Crippen LogP contribution >= 0.6 is 34.8 Å². The quantitative estimate of drug-likeness (QED) is 0.521. The summed E-state index contributed by atoms with van der Waals surface area (Å²) in [7, 11) is 0. The lowest BCUT2D eigenvalue weighted by atomic mass is 10.3. The zero-order chi connectivity index (χ0) is 13.0. The number of guanidine groups is 1. The van der Waals surface area contributed by atoms with E-state index in [1.165, 1.54) is 0 Å². The lowest BCUT2D eigenvalue weighted by molar-refractivity contribution is 0.460. The summed E-state index contributed by atoms with van der Waals surface area (Å²) in [6, 6.07) is 3.26. The maximum absolute atomic E-state index is 5.91. The third kappa shape index (κ3) is 3.66. The van der Waals surface area contributed by atoms with Gasteiger partial charge in [-0.2, -0.15) is 0 Å². The van der Waals surface area contributed by atoms with E-state index in [1.807, 2.05) is 18.7 Å². The van der Waals surface area contributed by atoms with E-state index >= 15 is 0 Å². The fourth-order valence-electron chi connectivity index (χ4n) is 1.36. The summed E-state index contributed by atoms with van der Waals surface area (Å²) in [5, 5.41) is 1.06. The first-order valence-electron chi connectivity index (χ1n) is 5.23. The lowest BCUT2D eigenvalue weighted by Crippen LogP contribution is -2.36. The van der Waals surface area contributed by atoms with Gasteiger partial charge in [-0.1, -0.05) is 34.8 Å². The van der Waals surface area contributed by atoms with Gasteiger partial charge in [-0.3, -0.25) is 0 Å². The number of nitrogens with zero attached hydrogens (tertiary/aromatic N) is 2. The predicted octanol–water partition coefficient (Wildman–Crippen LogP) is 3.93. The van der Waals surface area contributed by atoms with Crippen LogP contribution in [-0.2, 0) is 0 Å². The summed E-state index contributed by atoms with van der Waals surface area (Å²) in [6.07, 6.45) is 0. The molecule has 0 aliphatic rings. The van der Waals surface area contributed by atoms with Gasteiger partial charge in [0.25, 0.3) is 0 Å². The summed E-state index contributed by atoms with van der Waals surface area (Å²) < 4.78 is 0. The van der Waals surface area contributed by atoms with Gasteiger partial charge in [0.2, 0.25) is 0 Å². The molecule has 1 aromatic rings. The van der Waals surface area contributed by atoms with E-state index in [9.17, 15) is 0 Å². The van der Waals surface area contributed by atoms with E-state index in [4.69, 9.17) is 40.5 Å². The Balaban J connectivity index is 3.06. The van der Waals surface area contributed by atoms with Crippen LogP contribution in [0.25, 0.3) is 0 Å². The van der Waals surface area contributed by atoms with E-state index in [0.29, 0.717) is 26.7 Å². The maximum Gasteiger partial charge on any atom is 0.196 e. The average molecular weight is 295 g/mol. The van der Waals surface area contributed by atoms with Gasteiger partial charge in [0.1, 0.15) is 0 Å². The first-order valence-corrected chi connectivity index (χ1v) is 6.36. The molecule has 0 radical (unpaired) electrons. The highest BCUT2D eigenvalue weighted by atomic mass is 35.5. The molecular weight excluding hydrogens is 281 g/mol. The average Bonchev–Trinajstić information content (AvgIpc) is 2.27. The van der Waals surface area contributed by atoms with Crippen LogP contribution in [0.2, 0.25) is 15.1 Å². The summed E-state index contributed by atoms with van der Waals surface area (Å²) in [5.41, 5.74) is 6.46. The van der Waals surface area contributed by atoms with Gasteiger partial charge in [0.15, 0.2) is 5.96 Å². The second-order valence-electron chi connectivity index (χ2n) is 3.37. The Hall–Kier alpha value is -0.640. The van der Waals surface area contributed by atoms with Crippen LogP contribution in [-0.4, -0.2) is 23.9 Å². The Morgan fingerprint density at radius 2 is 1.65 bits per heavy atom. The molecule has 0 aromatic heterocycles. The molecule has 0 unspecified atom stereocenters. The molecular formula is C11H14Cl3N3. The molecule has 1 aromatic carbocycles. The van der Waals surface area contributed by atoms with Gasteiger partial charge in [-0.05, 0) is 26.0 Å². The van der Waals surface area contributed by atoms with E-state index < -0.39 is 0 Å². The minimum Gasteiger partial charge on any atom is -0.369 e. The topological polar surface area (TPSA) is 41.6 Å². The summed E-state index contributed by atoms with van der Waals surface area (Å²) in [4.78, 5) is 6.18. The van der Waals surface area contributed by atoms with Crippen molar-refractivity contribution in [3.05, 3.63) is 27.2 Å². The maximum atomic E-state index is 5.91. The Morgan fingerprint density at radius 1 is 1.18 bits per heavy atom. The van der Waals surface area contributed by atoms with Crippen molar-refractivity contribution in [2.45, 2.75) is 13.8 Å². The number of halogens is 3. The van der Waals surface area contributed by atoms with Crippen LogP contribution in [0.5, 0.6) is 0 Å². The number of hydrogen-bond acceptors (Lipinski definition) is 1. The van der Waals surface area contributed by atoms with E-state index in [1.54, 1.807) is 12.1 Å². The zero-order valence-corrected chi connectivity index (χ0v) is 11.9. The molecule has 0 atom stereocenters. The van der Waals surface area contributed by atoms with Gasteiger partial charge < -0.3 is 10.6 Å². The Labute approximate surface area is 116 Å². The van der Waals surface area contributed by atoms with Crippen molar-refractivity contribution in [2.75, 3.05) is 13.1 Å². The SMILES string of the molecule is CCN(CC)C(N)=Nc1cc(Cl)c(Cl)c(Cl)c1. The Kier molecular flexibility index (Phi) is 5.37. The summed E-state index contributed by atoms with van der Waals surface area (Å²) >= 11 is 17.7. The molecule has 1 rings (SSSR count). The summed E-state index contributed by atoms with van der Waals surface area (Å²) in [6.45, 7) is 5.60. The standard InChI is InChI=1S/C11H14Cl3N3/c1-3-17(4-2)11(15)16-7-5-8(12)10(14)9(13)6-7/h5-6H,3-4H2,1-2H3,(H2,15,16). The molecule has 2 N–H and O–H groups in total. The second-order valence-corrected chi connectivity index (χ2v) is 4.56. The van der Waals surface area contributed by atoms with Gasteiger partial charge in [-0.25, -0.2) is 4.99 Å². The highest BCUT2D eigenvalue weighted by molar-refractivity contribution is 6.48. The van der Waals surface area contributed by atoms with Crippen LogP contribution in [0, 0.1) is 0 Å². The Morgan fingerprint density at radius 3 is 2.06 bits per heavy atom. The van der Waals surface area contributed by atoms with Crippen molar-refractivity contribution in [2.24, 2.45) is 10.7 Å². The fourth-order valence-corrected chi connectivity index (χ4v) is 1.94. The molecule has 0 aliphatic heterocycles. The van der Waals surface area contributed by atoms with Crippen molar-refractivity contribution in [1.82, 2.24) is 4.90 Å². The number of hydrogen-bond donors (Lipinski definition) is 1. The molecule has 0 spiro atoms. The lowest BCUT2D eigenvalue weighted by Gasteiger charge is -2.19. The fraction of sp³-hybridized carbons (Fsp3) is 0.364. The van der Waals surface area contributed by atoms with E-state index in [0.717, 1.165) is 13.1 Å². The van der Waals surface area contributed by atoms with Crippen molar-refractivity contribution < 1.29 is 0 Å². The highest BCUT2D eigenvalue weighted by Crippen LogP contribution is 2.34. The molecule has 0 heterocycles.